The number of imidazole rings is 1. The van der Waals surface area contributed by atoms with Gasteiger partial charge in [-0.1, -0.05) is 0 Å². The molecule has 2 amide bonds. The van der Waals surface area contributed by atoms with Crippen molar-refractivity contribution in [3.8, 4) is 0 Å². The minimum atomic E-state index is -0.0507. The Morgan fingerprint density at radius 2 is 2.36 bits per heavy atom. The smallest absolute Gasteiger partial charge is 0.317 e. The lowest BCUT2D eigenvalue weighted by atomic mass is 10.1. The molecule has 1 fully saturated rings. The first kappa shape index (κ1) is 14.6. The van der Waals surface area contributed by atoms with Gasteiger partial charge in [-0.2, -0.15) is 5.10 Å². The van der Waals surface area contributed by atoms with Crippen LogP contribution < -0.4 is 5.32 Å². The van der Waals surface area contributed by atoms with E-state index in [4.69, 9.17) is 0 Å². The molecule has 1 aliphatic heterocycles. The van der Waals surface area contributed by atoms with Crippen LogP contribution in [0.1, 0.15) is 23.1 Å². The number of piperazine rings is 1. The third-order valence-electron chi connectivity index (χ3n) is 4.13. The van der Waals surface area contributed by atoms with Gasteiger partial charge >= 0.3 is 6.03 Å². The number of nitrogens with one attached hydrogen (secondary N) is 3. The van der Waals surface area contributed by atoms with Crippen molar-refractivity contribution in [1.82, 2.24) is 35.3 Å². The molecule has 8 heteroatoms. The fourth-order valence-corrected chi connectivity index (χ4v) is 2.65. The number of rotatable bonds is 3. The van der Waals surface area contributed by atoms with Crippen molar-refractivity contribution in [2.75, 3.05) is 26.7 Å². The largest absolute Gasteiger partial charge is 0.347 e. The molecule has 1 saturated heterocycles. The van der Waals surface area contributed by atoms with Crippen molar-refractivity contribution in [1.29, 1.82) is 0 Å². The molecule has 0 bridgehead atoms. The number of carbonyl (C=O) groups is 1. The molecule has 0 saturated carbocycles. The fourth-order valence-electron chi connectivity index (χ4n) is 2.65. The summed E-state index contributed by atoms with van der Waals surface area (Å²) in [6, 6.07) is 0.0513. The number of urea groups is 1. The quantitative estimate of drug-likeness (QED) is 0.776. The minimum Gasteiger partial charge on any atom is -0.347 e. The van der Waals surface area contributed by atoms with E-state index in [0.29, 0.717) is 19.6 Å². The molecule has 0 radical (unpaired) electrons. The Hall–Kier alpha value is -2.35. The summed E-state index contributed by atoms with van der Waals surface area (Å²) in [6.45, 7) is 4.59. The average molecular weight is 303 g/mol. The van der Waals surface area contributed by atoms with Crippen molar-refractivity contribution in [3.05, 3.63) is 35.7 Å². The zero-order valence-corrected chi connectivity index (χ0v) is 12.8. The van der Waals surface area contributed by atoms with Gasteiger partial charge in [0.05, 0.1) is 12.2 Å². The van der Waals surface area contributed by atoms with Gasteiger partial charge in [0.25, 0.3) is 0 Å². The second-order valence-electron chi connectivity index (χ2n) is 5.60. The third-order valence-corrected chi connectivity index (χ3v) is 4.13. The zero-order chi connectivity index (χ0) is 15.5. The summed E-state index contributed by atoms with van der Waals surface area (Å²) in [5, 5.41) is 9.78. The van der Waals surface area contributed by atoms with Gasteiger partial charge < -0.3 is 15.2 Å². The maximum Gasteiger partial charge on any atom is 0.317 e. The van der Waals surface area contributed by atoms with Crippen LogP contribution in [0, 0.1) is 6.92 Å². The first-order valence-corrected chi connectivity index (χ1v) is 7.36. The summed E-state index contributed by atoms with van der Waals surface area (Å²) >= 11 is 0. The van der Waals surface area contributed by atoms with Crippen LogP contribution in [0.25, 0.3) is 0 Å². The molecule has 118 valence electrons. The standard InChI is InChI=1S/C14H21N7O/c1-10-11(8-18-19-10)7-17-14(22)21-6-5-20(2)12(9-21)13-15-3-4-16-13/h3-4,8,12H,5-7,9H2,1-2H3,(H,15,16)(H,17,22)(H,18,19)/t12-/m0/s1. The van der Waals surface area contributed by atoms with Gasteiger partial charge in [0.1, 0.15) is 5.82 Å². The summed E-state index contributed by atoms with van der Waals surface area (Å²) in [5.41, 5.74) is 1.98. The predicted octanol–water partition coefficient (Wildman–Crippen LogP) is 0.640. The Morgan fingerprint density at radius 3 is 3.05 bits per heavy atom. The number of hydrogen-bond donors (Lipinski definition) is 3. The molecule has 1 aliphatic rings. The number of hydrogen-bond acceptors (Lipinski definition) is 4. The maximum absolute atomic E-state index is 12.4. The summed E-state index contributed by atoms with van der Waals surface area (Å²) < 4.78 is 0. The number of carbonyl (C=O) groups excluding carboxylic acids is 1. The van der Waals surface area contributed by atoms with E-state index >= 15 is 0 Å². The number of amides is 2. The van der Waals surface area contributed by atoms with Crippen LogP contribution in [-0.2, 0) is 6.54 Å². The van der Waals surface area contributed by atoms with E-state index in [1.54, 1.807) is 12.4 Å². The number of nitrogens with zero attached hydrogens (tertiary/aromatic N) is 4. The molecule has 0 unspecified atom stereocenters. The van der Waals surface area contributed by atoms with E-state index in [1.807, 2.05) is 18.0 Å². The molecule has 0 aromatic carbocycles. The molecule has 3 rings (SSSR count). The van der Waals surface area contributed by atoms with Gasteiger partial charge in [-0.25, -0.2) is 9.78 Å². The van der Waals surface area contributed by atoms with Gasteiger partial charge in [0, 0.05) is 49.8 Å². The Kier molecular flexibility index (Phi) is 4.10. The Bertz CT molecular complexity index is 621. The van der Waals surface area contributed by atoms with Crippen LogP contribution in [0.3, 0.4) is 0 Å². The normalized spacial score (nSPS) is 19.4. The average Bonchev–Trinajstić information content (AvgIpc) is 3.17. The molecule has 2 aromatic heterocycles. The molecular formula is C14H21N7O. The lowest BCUT2D eigenvalue weighted by Crippen LogP contribution is -2.52. The number of aromatic nitrogens is 4. The van der Waals surface area contributed by atoms with Crippen LogP contribution >= 0.6 is 0 Å². The Balaban J connectivity index is 1.60. The molecule has 8 nitrogen and oxygen atoms in total. The number of aryl methyl sites for hydroxylation is 1. The van der Waals surface area contributed by atoms with E-state index in [-0.39, 0.29) is 12.1 Å². The summed E-state index contributed by atoms with van der Waals surface area (Å²) in [5.74, 6) is 0.894. The van der Waals surface area contributed by atoms with Gasteiger partial charge in [-0.05, 0) is 14.0 Å². The van der Waals surface area contributed by atoms with Crippen molar-refractivity contribution in [3.63, 3.8) is 0 Å². The lowest BCUT2D eigenvalue weighted by Gasteiger charge is -2.38. The van der Waals surface area contributed by atoms with Gasteiger partial charge in [0.2, 0.25) is 0 Å². The maximum atomic E-state index is 12.4. The van der Waals surface area contributed by atoms with Crippen molar-refractivity contribution in [2.24, 2.45) is 0 Å². The fraction of sp³-hybridized carbons (Fsp3) is 0.500. The van der Waals surface area contributed by atoms with Crippen molar-refractivity contribution in [2.45, 2.75) is 19.5 Å². The Morgan fingerprint density at radius 1 is 1.50 bits per heavy atom. The number of aromatic amines is 2. The molecule has 0 aliphatic carbocycles. The van der Waals surface area contributed by atoms with Crippen molar-refractivity contribution >= 4 is 6.03 Å². The second-order valence-corrected chi connectivity index (χ2v) is 5.60. The van der Waals surface area contributed by atoms with E-state index in [9.17, 15) is 4.79 Å². The number of likely N-dealkylation sites (N-methyl/N-ethyl adjacent to an activating group) is 1. The number of H-pyrrole nitrogens is 2. The van der Waals surface area contributed by atoms with Gasteiger partial charge in [0.15, 0.2) is 0 Å². The molecular weight excluding hydrogens is 282 g/mol. The minimum absolute atomic E-state index is 0.0507. The summed E-state index contributed by atoms with van der Waals surface area (Å²) in [4.78, 5) is 23.9. The van der Waals surface area contributed by atoms with E-state index in [1.165, 1.54) is 0 Å². The first-order chi connectivity index (χ1) is 10.6. The lowest BCUT2D eigenvalue weighted by molar-refractivity contribution is 0.106. The highest BCUT2D eigenvalue weighted by atomic mass is 16.2. The molecule has 22 heavy (non-hydrogen) atoms. The SMILES string of the molecule is Cc1[nH]ncc1CNC(=O)N1CCN(C)[C@H](c2ncc[nH]2)C1. The van der Waals surface area contributed by atoms with E-state index in [2.05, 4.69) is 37.4 Å². The van der Waals surface area contributed by atoms with Crippen LogP contribution in [0.4, 0.5) is 4.79 Å². The second kappa shape index (κ2) is 6.18. The van der Waals surface area contributed by atoms with Crippen LogP contribution in [0.15, 0.2) is 18.6 Å². The van der Waals surface area contributed by atoms with E-state index in [0.717, 1.165) is 23.6 Å². The zero-order valence-electron chi connectivity index (χ0n) is 12.8. The molecule has 1 atom stereocenters. The van der Waals surface area contributed by atoms with E-state index < -0.39 is 0 Å². The van der Waals surface area contributed by atoms with Crippen LogP contribution in [-0.4, -0.2) is 62.7 Å². The van der Waals surface area contributed by atoms with Crippen LogP contribution in [0.2, 0.25) is 0 Å². The molecule has 3 heterocycles. The highest BCUT2D eigenvalue weighted by Crippen LogP contribution is 2.20. The van der Waals surface area contributed by atoms with Crippen molar-refractivity contribution < 1.29 is 4.79 Å². The first-order valence-electron chi connectivity index (χ1n) is 7.36. The summed E-state index contributed by atoms with van der Waals surface area (Å²) in [6.07, 6.45) is 5.29. The van der Waals surface area contributed by atoms with Gasteiger partial charge in [-0.3, -0.25) is 10.00 Å². The molecule has 3 N–H and O–H groups in total. The van der Waals surface area contributed by atoms with Gasteiger partial charge in [-0.15, -0.1) is 0 Å². The molecule has 0 spiro atoms. The topological polar surface area (TPSA) is 92.9 Å². The third kappa shape index (κ3) is 2.96. The predicted molar refractivity (Wildman–Crippen MR) is 81.1 cm³/mol. The summed E-state index contributed by atoms with van der Waals surface area (Å²) in [7, 11) is 2.05. The molecule has 2 aromatic rings. The highest BCUT2D eigenvalue weighted by molar-refractivity contribution is 5.74. The Labute approximate surface area is 128 Å². The monoisotopic (exact) mass is 303 g/mol. The highest BCUT2D eigenvalue weighted by Gasteiger charge is 2.29. The van der Waals surface area contributed by atoms with Crippen LogP contribution in [0.5, 0.6) is 0 Å².